The Morgan fingerprint density at radius 3 is 2.72 bits per heavy atom. The van der Waals surface area contributed by atoms with E-state index in [0.29, 0.717) is 43.9 Å². The molecule has 0 unspecified atom stereocenters. The van der Waals surface area contributed by atoms with E-state index in [2.05, 4.69) is 15.0 Å². The summed E-state index contributed by atoms with van der Waals surface area (Å²) in [4.78, 5) is 32.4. The second kappa shape index (κ2) is 13.7. The molecular weight excluding hydrogens is 555 g/mol. The fourth-order valence-corrected chi connectivity index (χ4v) is 6.25. The smallest absolute Gasteiger partial charge is 0.340 e. The minimum absolute atomic E-state index is 0.161. The minimum Gasteiger partial charge on any atom is -0.493 e. The van der Waals surface area contributed by atoms with Crippen LogP contribution >= 0.6 is 0 Å². The average molecular weight is 595 g/mol. The number of amides is 1. The zero-order valence-electron chi connectivity index (χ0n) is 24.6. The fourth-order valence-electron chi connectivity index (χ4n) is 6.25. The molecule has 2 aliphatic rings. The SMILES string of the molecule is COC[C@]1(O)CCCC[C@H]1n1cnc(C(=O)N2CCNC[C@H]2CCOc2ccc(C(=O)OC)c(F)c2)c1-c1ccccc1. The van der Waals surface area contributed by atoms with E-state index in [1.807, 2.05) is 39.8 Å². The van der Waals surface area contributed by atoms with E-state index in [1.165, 1.54) is 19.2 Å². The first kappa shape index (κ1) is 30.7. The second-order valence-corrected chi connectivity index (χ2v) is 11.1. The van der Waals surface area contributed by atoms with Gasteiger partial charge in [0.2, 0.25) is 0 Å². The molecule has 0 spiro atoms. The van der Waals surface area contributed by atoms with Crippen molar-refractivity contribution in [2.75, 3.05) is 47.1 Å². The van der Waals surface area contributed by atoms with Gasteiger partial charge in [0.1, 0.15) is 17.2 Å². The molecule has 3 atom stereocenters. The lowest BCUT2D eigenvalue weighted by atomic mass is 9.80. The maximum absolute atomic E-state index is 14.4. The van der Waals surface area contributed by atoms with Crippen molar-refractivity contribution in [3.8, 4) is 17.0 Å². The van der Waals surface area contributed by atoms with Gasteiger partial charge in [-0.1, -0.05) is 43.2 Å². The third kappa shape index (κ3) is 6.58. The molecule has 10 nitrogen and oxygen atoms in total. The molecule has 5 rings (SSSR count). The number of ether oxygens (including phenoxy) is 3. The lowest BCUT2D eigenvalue weighted by Gasteiger charge is -2.41. The van der Waals surface area contributed by atoms with E-state index >= 15 is 0 Å². The molecule has 43 heavy (non-hydrogen) atoms. The Balaban J connectivity index is 1.37. The van der Waals surface area contributed by atoms with Crippen LogP contribution < -0.4 is 10.1 Å². The second-order valence-electron chi connectivity index (χ2n) is 11.1. The summed E-state index contributed by atoms with van der Waals surface area (Å²) in [7, 11) is 2.79. The Morgan fingerprint density at radius 2 is 1.98 bits per heavy atom. The van der Waals surface area contributed by atoms with Crippen molar-refractivity contribution in [2.45, 2.75) is 49.8 Å². The van der Waals surface area contributed by atoms with Crippen LogP contribution in [-0.4, -0.2) is 90.1 Å². The van der Waals surface area contributed by atoms with Gasteiger partial charge in [0.25, 0.3) is 5.91 Å². The lowest BCUT2D eigenvalue weighted by molar-refractivity contribution is -0.0893. The molecule has 2 N–H and O–H groups in total. The number of esters is 1. The van der Waals surface area contributed by atoms with Gasteiger partial charge < -0.3 is 34.1 Å². The first-order chi connectivity index (χ1) is 20.9. The maximum Gasteiger partial charge on any atom is 0.340 e. The van der Waals surface area contributed by atoms with Crippen LogP contribution in [0.4, 0.5) is 4.39 Å². The maximum atomic E-state index is 14.4. The molecule has 1 amide bonds. The summed E-state index contributed by atoms with van der Waals surface area (Å²) in [5.41, 5.74) is 0.638. The number of methoxy groups -OCH3 is 2. The molecule has 2 heterocycles. The van der Waals surface area contributed by atoms with Crippen molar-refractivity contribution in [2.24, 2.45) is 0 Å². The van der Waals surface area contributed by atoms with Crippen molar-refractivity contribution < 1.29 is 33.3 Å². The highest BCUT2D eigenvalue weighted by atomic mass is 19.1. The van der Waals surface area contributed by atoms with Crippen molar-refractivity contribution in [3.05, 3.63) is 71.9 Å². The molecule has 11 heteroatoms. The summed E-state index contributed by atoms with van der Waals surface area (Å²) in [6.45, 7) is 2.13. The number of aliphatic hydroxyl groups is 1. The minimum atomic E-state index is -1.07. The average Bonchev–Trinajstić information content (AvgIpc) is 3.46. The van der Waals surface area contributed by atoms with E-state index in [9.17, 15) is 19.1 Å². The Kier molecular flexibility index (Phi) is 9.74. The summed E-state index contributed by atoms with van der Waals surface area (Å²) >= 11 is 0. The molecule has 1 aromatic heterocycles. The quantitative estimate of drug-likeness (QED) is 0.340. The van der Waals surface area contributed by atoms with Gasteiger partial charge in [-0.15, -0.1) is 0 Å². The monoisotopic (exact) mass is 594 g/mol. The molecule has 1 aliphatic carbocycles. The van der Waals surface area contributed by atoms with E-state index in [-0.39, 0.29) is 42.5 Å². The highest BCUT2D eigenvalue weighted by Gasteiger charge is 2.42. The van der Waals surface area contributed by atoms with Crippen LogP contribution in [0.15, 0.2) is 54.9 Å². The van der Waals surface area contributed by atoms with Crippen molar-refractivity contribution in [1.82, 2.24) is 19.8 Å². The summed E-state index contributed by atoms with van der Waals surface area (Å²) in [5.74, 6) is -1.38. The third-order valence-electron chi connectivity index (χ3n) is 8.41. The topological polar surface area (TPSA) is 115 Å². The fraction of sp³-hybridized carbons (Fsp3) is 0.469. The Labute approximate surface area is 250 Å². The van der Waals surface area contributed by atoms with Gasteiger partial charge in [-0.05, 0) is 25.0 Å². The van der Waals surface area contributed by atoms with Crippen LogP contribution in [0.2, 0.25) is 0 Å². The number of aromatic nitrogens is 2. The number of hydrogen-bond donors (Lipinski definition) is 2. The predicted molar refractivity (Wildman–Crippen MR) is 158 cm³/mol. The van der Waals surface area contributed by atoms with Gasteiger partial charge in [0.05, 0.1) is 44.0 Å². The van der Waals surface area contributed by atoms with E-state index in [1.54, 1.807) is 13.4 Å². The van der Waals surface area contributed by atoms with Gasteiger partial charge in [-0.3, -0.25) is 4.79 Å². The summed E-state index contributed by atoms with van der Waals surface area (Å²) in [6.07, 6.45) is 5.40. The van der Waals surface area contributed by atoms with Crippen LogP contribution in [0.1, 0.15) is 59.0 Å². The highest BCUT2D eigenvalue weighted by Crippen LogP contribution is 2.41. The summed E-state index contributed by atoms with van der Waals surface area (Å²) in [6, 6.07) is 13.2. The molecule has 0 bridgehead atoms. The predicted octanol–water partition coefficient (Wildman–Crippen LogP) is 3.85. The molecule has 230 valence electrons. The van der Waals surface area contributed by atoms with Crippen molar-refractivity contribution in [3.63, 3.8) is 0 Å². The van der Waals surface area contributed by atoms with Gasteiger partial charge in [0, 0.05) is 50.8 Å². The molecule has 2 aromatic carbocycles. The standard InChI is InChI=1S/C32H39FN4O6/c1-41-20-32(40)14-7-6-10-27(32)37-21-35-28(29(37)22-8-4-3-5-9-22)30(38)36-16-15-34-19-23(36)13-17-43-24-11-12-25(26(33)18-24)31(39)42-2/h3-5,8-9,11-12,18,21,23,27,34,40H,6-7,10,13-17,19-20H2,1-2H3/t23-,27-,32-/m1/s1. The van der Waals surface area contributed by atoms with E-state index in [4.69, 9.17) is 9.47 Å². The van der Waals surface area contributed by atoms with Crippen LogP contribution in [0.3, 0.4) is 0 Å². The Hall–Kier alpha value is -3.80. The number of nitrogens with one attached hydrogen (secondary N) is 1. The first-order valence-electron chi connectivity index (χ1n) is 14.7. The molecule has 1 aliphatic heterocycles. The van der Waals surface area contributed by atoms with Gasteiger partial charge in [-0.2, -0.15) is 0 Å². The number of nitrogens with zero attached hydrogens (tertiary/aromatic N) is 3. The van der Waals surface area contributed by atoms with Gasteiger partial charge in [-0.25, -0.2) is 14.2 Å². The number of benzene rings is 2. The van der Waals surface area contributed by atoms with E-state index < -0.39 is 17.4 Å². The number of carbonyl (C=O) groups is 2. The van der Waals surface area contributed by atoms with E-state index in [0.717, 1.165) is 30.9 Å². The van der Waals surface area contributed by atoms with Crippen molar-refractivity contribution in [1.29, 1.82) is 0 Å². The summed E-state index contributed by atoms with van der Waals surface area (Å²) in [5, 5.41) is 15.0. The van der Waals surface area contributed by atoms with Crippen LogP contribution in [0.25, 0.3) is 11.3 Å². The normalized spacial score (nSPS) is 22.3. The summed E-state index contributed by atoms with van der Waals surface area (Å²) < 4.78 is 32.1. The Morgan fingerprint density at radius 1 is 1.16 bits per heavy atom. The largest absolute Gasteiger partial charge is 0.493 e. The van der Waals surface area contributed by atoms with Gasteiger partial charge in [0.15, 0.2) is 5.69 Å². The molecule has 1 saturated carbocycles. The molecule has 3 aromatic rings. The number of halogens is 1. The third-order valence-corrected chi connectivity index (χ3v) is 8.41. The van der Waals surface area contributed by atoms with Crippen molar-refractivity contribution >= 4 is 11.9 Å². The first-order valence-corrected chi connectivity index (χ1v) is 14.7. The number of imidazole rings is 1. The van der Waals surface area contributed by atoms with Crippen LogP contribution in [-0.2, 0) is 9.47 Å². The molecule has 1 saturated heterocycles. The molecule has 2 fully saturated rings. The lowest BCUT2D eigenvalue weighted by Crippen LogP contribution is -2.54. The van der Waals surface area contributed by atoms with Gasteiger partial charge >= 0.3 is 5.97 Å². The number of rotatable bonds is 10. The Bertz CT molecular complexity index is 1410. The zero-order chi connectivity index (χ0) is 30.4. The molecular formula is C32H39FN4O6. The highest BCUT2D eigenvalue weighted by molar-refractivity contribution is 5.98. The zero-order valence-corrected chi connectivity index (χ0v) is 24.6. The number of carbonyl (C=O) groups excluding carboxylic acids is 2. The van der Waals surface area contributed by atoms with Crippen LogP contribution in [0.5, 0.6) is 5.75 Å². The van der Waals surface area contributed by atoms with Crippen LogP contribution in [0, 0.1) is 5.82 Å². The molecule has 0 radical (unpaired) electrons. The number of hydrogen-bond acceptors (Lipinski definition) is 8. The number of piperazine rings is 1.